The molecule has 0 aromatic carbocycles. The van der Waals surface area contributed by atoms with Crippen LogP contribution in [0.25, 0.3) is 0 Å². The molecular formula is C11H10O4. The molecule has 0 aromatic heterocycles. The maximum absolute atomic E-state index is 10.7. The second-order valence-electron chi connectivity index (χ2n) is 3.07. The average molecular weight is 206 g/mol. The Morgan fingerprint density at radius 2 is 1.40 bits per heavy atom. The van der Waals surface area contributed by atoms with Gasteiger partial charge in [0.1, 0.15) is 0 Å². The number of hydrogen-bond donors (Lipinski definition) is 0. The summed E-state index contributed by atoms with van der Waals surface area (Å²) in [5.41, 5.74) is -0.512. The van der Waals surface area contributed by atoms with Crippen molar-refractivity contribution in [3.63, 3.8) is 0 Å². The van der Waals surface area contributed by atoms with Gasteiger partial charge in [-0.2, -0.15) is 0 Å². The Morgan fingerprint density at radius 1 is 1.00 bits per heavy atom. The van der Waals surface area contributed by atoms with Gasteiger partial charge < -0.3 is 9.47 Å². The topological polar surface area (TPSA) is 52.6 Å². The van der Waals surface area contributed by atoms with Gasteiger partial charge in [-0.05, 0) is 12.8 Å². The minimum Gasteiger partial charge on any atom is -0.459 e. The van der Waals surface area contributed by atoms with E-state index in [0.717, 1.165) is 12.8 Å². The molecule has 4 nitrogen and oxygen atoms in total. The second kappa shape index (κ2) is 4.52. The van der Waals surface area contributed by atoms with E-state index in [-0.39, 0.29) is 0 Å². The number of rotatable bonds is 0. The number of methoxy groups -OCH3 is 2. The van der Waals surface area contributed by atoms with Crippen molar-refractivity contribution >= 4 is 11.9 Å². The van der Waals surface area contributed by atoms with Crippen molar-refractivity contribution in [2.75, 3.05) is 14.2 Å². The lowest BCUT2D eigenvalue weighted by Gasteiger charge is -1.93. The van der Waals surface area contributed by atoms with Crippen LogP contribution < -0.4 is 0 Å². The molecule has 15 heavy (non-hydrogen) atoms. The van der Waals surface area contributed by atoms with E-state index < -0.39 is 17.4 Å². The molecule has 0 aromatic rings. The zero-order chi connectivity index (χ0) is 11.3. The van der Waals surface area contributed by atoms with Gasteiger partial charge in [0.25, 0.3) is 0 Å². The normalized spacial score (nSPS) is 14.8. The van der Waals surface area contributed by atoms with Crippen molar-refractivity contribution in [2.45, 2.75) is 12.8 Å². The van der Waals surface area contributed by atoms with Gasteiger partial charge in [-0.25, -0.2) is 9.59 Å². The lowest BCUT2D eigenvalue weighted by atomic mass is 10.1. The molecule has 4 heteroatoms. The summed E-state index contributed by atoms with van der Waals surface area (Å²) < 4.78 is 8.74. The van der Waals surface area contributed by atoms with Crippen molar-refractivity contribution in [3.05, 3.63) is 0 Å². The summed E-state index contributed by atoms with van der Waals surface area (Å²) in [5, 5.41) is 0. The third-order valence-electron chi connectivity index (χ3n) is 1.93. The number of esters is 2. The summed E-state index contributed by atoms with van der Waals surface area (Å²) in [6.07, 6.45) is 1.53. The lowest BCUT2D eigenvalue weighted by molar-refractivity contribution is -0.134. The Labute approximate surface area is 87.9 Å². The van der Waals surface area contributed by atoms with E-state index in [4.69, 9.17) is 0 Å². The van der Waals surface area contributed by atoms with E-state index in [2.05, 4.69) is 33.2 Å². The van der Waals surface area contributed by atoms with E-state index in [0.29, 0.717) is 0 Å². The number of carbonyl (C=O) groups excluding carboxylic acids is 2. The predicted molar refractivity (Wildman–Crippen MR) is 51.3 cm³/mol. The zero-order valence-corrected chi connectivity index (χ0v) is 8.55. The lowest BCUT2D eigenvalue weighted by Crippen LogP contribution is -2.00. The molecule has 0 aliphatic heterocycles. The van der Waals surface area contributed by atoms with Gasteiger partial charge in [0, 0.05) is 11.8 Å². The molecule has 0 amide bonds. The summed E-state index contributed by atoms with van der Waals surface area (Å²) in [7, 11) is 2.52. The van der Waals surface area contributed by atoms with Gasteiger partial charge >= 0.3 is 11.9 Å². The molecule has 0 spiro atoms. The molecule has 0 radical (unpaired) electrons. The molecule has 0 unspecified atom stereocenters. The van der Waals surface area contributed by atoms with Gasteiger partial charge in [-0.3, -0.25) is 0 Å². The Morgan fingerprint density at radius 3 is 1.67 bits per heavy atom. The van der Waals surface area contributed by atoms with Crippen molar-refractivity contribution < 1.29 is 19.1 Å². The third kappa shape index (κ3) is 3.36. The fourth-order valence-corrected chi connectivity index (χ4v) is 0.850. The molecule has 1 aliphatic rings. The van der Waals surface area contributed by atoms with Crippen LogP contribution in [-0.4, -0.2) is 26.2 Å². The van der Waals surface area contributed by atoms with Crippen LogP contribution in [0.5, 0.6) is 0 Å². The maximum Gasteiger partial charge on any atom is 0.384 e. The van der Waals surface area contributed by atoms with Crippen LogP contribution in [0.15, 0.2) is 0 Å². The Balaban J connectivity index is 2.66. The Kier molecular flexibility index (Phi) is 3.36. The molecule has 1 aliphatic carbocycles. The number of ether oxygens (including phenoxy) is 2. The summed E-state index contributed by atoms with van der Waals surface area (Å²) in [6.45, 7) is 0. The van der Waals surface area contributed by atoms with Gasteiger partial charge in [-0.1, -0.05) is 11.8 Å². The Hall–Kier alpha value is -1.94. The first-order chi connectivity index (χ1) is 7.12. The number of carbonyl (C=O) groups is 2. The highest BCUT2D eigenvalue weighted by Gasteiger charge is 2.39. The van der Waals surface area contributed by atoms with Crippen molar-refractivity contribution in [2.24, 2.45) is 5.41 Å². The van der Waals surface area contributed by atoms with Gasteiger partial charge in [0.15, 0.2) is 0 Å². The quantitative estimate of drug-likeness (QED) is 0.321. The zero-order valence-electron chi connectivity index (χ0n) is 8.55. The van der Waals surface area contributed by atoms with E-state index in [1.54, 1.807) is 0 Å². The maximum atomic E-state index is 10.7. The fraction of sp³-hybridized carbons (Fsp3) is 0.455. The van der Waals surface area contributed by atoms with Crippen LogP contribution in [0, 0.1) is 29.1 Å². The minimum atomic E-state index is -0.596. The van der Waals surface area contributed by atoms with Gasteiger partial charge in [0.2, 0.25) is 0 Å². The van der Waals surface area contributed by atoms with Crippen LogP contribution in [-0.2, 0) is 19.1 Å². The minimum absolute atomic E-state index is 0.512. The molecule has 0 N–H and O–H groups in total. The highest BCUT2D eigenvalue weighted by molar-refractivity contribution is 5.90. The molecule has 0 heterocycles. The molecule has 0 atom stereocenters. The fourth-order valence-electron chi connectivity index (χ4n) is 0.850. The van der Waals surface area contributed by atoms with Crippen LogP contribution >= 0.6 is 0 Å². The van der Waals surface area contributed by atoms with Crippen LogP contribution in [0.4, 0.5) is 0 Å². The van der Waals surface area contributed by atoms with E-state index in [9.17, 15) is 9.59 Å². The smallest absolute Gasteiger partial charge is 0.384 e. The van der Waals surface area contributed by atoms with Crippen molar-refractivity contribution in [1.82, 2.24) is 0 Å². The summed E-state index contributed by atoms with van der Waals surface area (Å²) in [4.78, 5) is 21.5. The molecule has 78 valence electrons. The first kappa shape index (κ1) is 11.1. The average Bonchev–Trinajstić information content (AvgIpc) is 3.03. The third-order valence-corrected chi connectivity index (χ3v) is 1.93. The highest BCUT2D eigenvalue weighted by atomic mass is 16.5. The van der Waals surface area contributed by atoms with Crippen molar-refractivity contribution in [3.8, 4) is 23.7 Å². The van der Waals surface area contributed by atoms with E-state index >= 15 is 0 Å². The first-order valence-corrected chi connectivity index (χ1v) is 4.34. The standard InChI is InChI=1S/C11H10O4/c1-14-9(12)3-5-11(7-8-11)6-4-10(13)15-2/h7-8H2,1-2H3. The summed E-state index contributed by atoms with van der Waals surface area (Å²) in [6, 6.07) is 0. The molecule has 1 rings (SSSR count). The SMILES string of the molecule is COC(=O)C#CC1(C#CC(=O)OC)CC1. The molecule has 0 saturated heterocycles. The van der Waals surface area contributed by atoms with Crippen LogP contribution in [0.1, 0.15) is 12.8 Å². The van der Waals surface area contributed by atoms with Gasteiger partial charge in [0.05, 0.1) is 19.6 Å². The molecule has 1 fully saturated rings. The van der Waals surface area contributed by atoms with E-state index in [1.165, 1.54) is 14.2 Å². The predicted octanol–water partition coefficient (Wildman–Crippen LogP) is 0.119. The summed E-state index contributed by atoms with van der Waals surface area (Å²) >= 11 is 0. The Bertz CT molecular complexity index is 360. The largest absolute Gasteiger partial charge is 0.459 e. The van der Waals surface area contributed by atoms with Crippen LogP contribution in [0.2, 0.25) is 0 Å². The first-order valence-electron chi connectivity index (χ1n) is 4.34. The molecular weight excluding hydrogens is 196 g/mol. The van der Waals surface area contributed by atoms with E-state index in [1.807, 2.05) is 0 Å². The monoisotopic (exact) mass is 206 g/mol. The highest BCUT2D eigenvalue weighted by Crippen LogP contribution is 2.44. The van der Waals surface area contributed by atoms with Crippen LogP contribution in [0.3, 0.4) is 0 Å². The summed E-state index contributed by atoms with van der Waals surface area (Å²) in [5.74, 6) is 8.82. The molecule has 0 bridgehead atoms. The molecule has 1 saturated carbocycles. The van der Waals surface area contributed by atoms with Gasteiger partial charge in [-0.15, -0.1) is 0 Å². The van der Waals surface area contributed by atoms with Crippen molar-refractivity contribution in [1.29, 1.82) is 0 Å². The number of hydrogen-bond acceptors (Lipinski definition) is 4. The second-order valence-corrected chi connectivity index (χ2v) is 3.07.